The molecule has 4 amide bonds. The molecule has 194 valence electrons. The minimum Gasteiger partial charge on any atom is -0.480 e. The van der Waals surface area contributed by atoms with Gasteiger partial charge in [-0.25, -0.2) is 4.79 Å². The smallest absolute Gasteiger partial charge is 0.326 e. The molecule has 1 aliphatic rings. The van der Waals surface area contributed by atoms with Gasteiger partial charge in [-0.05, 0) is 57.5 Å². The Morgan fingerprint density at radius 1 is 1.03 bits per heavy atom. The van der Waals surface area contributed by atoms with Crippen molar-refractivity contribution in [3.05, 3.63) is 0 Å². The maximum atomic E-state index is 13.1. The number of aliphatic carboxylic acids is 1. The number of rotatable bonds is 16. The van der Waals surface area contributed by atoms with Gasteiger partial charge >= 0.3 is 5.97 Å². The van der Waals surface area contributed by atoms with Crippen LogP contribution in [0.25, 0.3) is 0 Å². The molecule has 12 nitrogen and oxygen atoms in total. The molecule has 0 saturated carbocycles. The van der Waals surface area contributed by atoms with E-state index in [1.807, 2.05) is 6.92 Å². The molecule has 0 bridgehead atoms. The Morgan fingerprint density at radius 2 is 1.74 bits per heavy atom. The van der Waals surface area contributed by atoms with E-state index < -0.39 is 41.8 Å². The second-order valence-corrected chi connectivity index (χ2v) is 8.77. The number of carbonyl (C=O) groups is 5. The number of nitrogens with two attached hydrogens (primary N) is 2. The third-order valence-corrected chi connectivity index (χ3v) is 6.04. The average molecular weight is 485 g/mol. The molecule has 5 atom stereocenters. The van der Waals surface area contributed by atoms with E-state index in [-0.39, 0.29) is 30.7 Å². The largest absolute Gasteiger partial charge is 0.480 e. The van der Waals surface area contributed by atoms with Crippen molar-refractivity contribution in [3.8, 4) is 0 Å². The van der Waals surface area contributed by atoms with Crippen LogP contribution in [-0.4, -0.2) is 72.0 Å². The Bertz CT molecular complexity index is 712. The number of hydrogen-bond donors (Lipinski definition) is 7. The Hall–Kier alpha value is -2.73. The third-order valence-electron chi connectivity index (χ3n) is 6.04. The molecular weight excluding hydrogens is 444 g/mol. The highest BCUT2D eigenvalue weighted by atomic mass is 16.4. The Morgan fingerprint density at radius 3 is 2.26 bits per heavy atom. The van der Waals surface area contributed by atoms with E-state index in [2.05, 4.69) is 21.3 Å². The van der Waals surface area contributed by atoms with Crippen molar-refractivity contribution >= 4 is 29.6 Å². The summed E-state index contributed by atoms with van der Waals surface area (Å²) in [4.78, 5) is 61.2. The van der Waals surface area contributed by atoms with E-state index in [9.17, 15) is 29.1 Å². The lowest BCUT2D eigenvalue weighted by atomic mass is 9.96. The quantitative estimate of drug-likeness (QED) is 0.131. The number of amides is 4. The van der Waals surface area contributed by atoms with Gasteiger partial charge in [-0.1, -0.05) is 20.3 Å². The molecule has 1 heterocycles. The molecule has 1 saturated heterocycles. The standard InChI is InChI=1S/C22H40N6O6/c1-3-13(2)18(21(32)27-16(22(33)34)9-10-17(24)29)28-20(31)15(7-4-5-11-23)26-19(30)14-8-6-12-25-14/h13-16,18,25H,3-12,23H2,1-2H3,(H2,24,29)(H,26,30)(H,27,32)(H,28,31)(H,33,34). The van der Waals surface area contributed by atoms with Crippen LogP contribution in [0, 0.1) is 5.92 Å². The Balaban J connectivity index is 2.93. The fraction of sp³-hybridized carbons (Fsp3) is 0.773. The van der Waals surface area contributed by atoms with Crippen LogP contribution in [0.2, 0.25) is 0 Å². The molecular formula is C22H40N6O6. The molecule has 34 heavy (non-hydrogen) atoms. The number of carbonyl (C=O) groups excluding carboxylic acids is 4. The summed E-state index contributed by atoms with van der Waals surface area (Å²) >= 11 is 0. The van der Waals surface area contributed by atoms with Crippen molar-refractivity contribution in [3.63, 3.8) is 0 Å². The van der Waals surface area contributed by atoms with Crippen LogP contribution in [0.4, 0.5) is 0 Å². The lowest BCUT2D eigenvalue weighted by Crippen LogP contribution is -2.58. The highest BCUT2D eigenvalue weighted by Crippen LogP contribution is 2.12. The van der Waals surface area contributed by atoms with Crippen LogP contribution in [0.5, 0.6) is 0 Å². The maximum absolute atomic E-state index is 13.1. The third kappa shape index (κ3) is 10.0. The van der Waals surface area contributed by atoms with Crippen LogP contribution in [0.1, 0.15) is 65.2 Å². The molecule has 1 fully saturated rings. The van der Waals surface area contributed by atoms with E-state index in [0.717, 1.165) is 13.0 Å². The van der Waals surface area contributed by atoms with E-state index in [1.54, 1.807) is 6.92 Å². The van der Waals surface area contributed by atoms with Gasteiger partial charge < -0.3 is 37.8 Å². The molecule has 0 radical (unpaired) electrons. The number of carboxylic acids is 1. The van der Waals surface area contributed by atoms with E-state index in [1.165, 1.54) is 0 Å². The monoisotopic (exact) mass is 484 g/mol. The second kappa shape index (κ2) is 15.2. The number of nitrogens with one attached hydrogen (secondary N) is 4. The van der Waals surface area contributed by atoms with Gasteiger partial charge in [0.25, 0.3) is 0 Å². The van der Waals surface area contributed by atoms with Crippen LogP contribution in [-0.2, 0) is 24.0 Å². The lowest BCUT2D eigenvalue weighted by Gasteiger charge is -2.28. The van der Waals surface area contributed by atoms with E-state index in [4.69, 9.17) is 11.5 Å². The highest BCUT2D eigenvalue weighted by molar-refractivity contribution is 5.94. The van der Waals surface area contributed by atoms with Crippen LogP contribution in [0.3, 0.4) is 0 Å². The molecule has 12 heteroatoms. The van der Waals surface area contributed by atoms with Crippen molar-refractivity contribution in [2.24, 2.45) is 17.4 Å². The zero-order valence-electron chi connectivity index (χ0n) is 20.1. The molecule has 9 N–H and O–H groups in total. The molecule has 0 aromatic rings. The van der Waals surface area contributed by atoms with Crippen molar-refractivity contribution in [2.75, 3.05) is 13.1 Å². The predicted octanol–water partition coefficient (Wildman–Crippen LogP) is -1.28. The first-order chi connectivity index (χ1) is 16.1. The van der Waals surface area contributed by atoms with E-state index in [0.29, 0.717) is 38.6 Å². The van der Waals surface area contributed by atoms with Crippen molar-refractivity contribution < 1.29 is 29.1 Å². The average Bonchev–Trinajstić information content (AvgIpc) is 3.33. The summed E-state index contributed by atoms with van der Waals surface area (Å²) in [5.41, 5.74) is 10.6. The van der Waals surface area contributed by atoms with Gasteiger partial charge in [0.15, 0.2) is 0 Å². The Kier molecular flexibility index (Phi) is 13.1. The molecule has 0 aliphatic carbocycles. The summed E-state index contributed by atoms with van der Waals surface area (Å²) in [6.45, 7) is 4.78. The van der Waals surface area contributed by atoms with Crippen molar-refractivity contribution in [2.45, 2.75) is 89.4 Å². The van der Waals surface area contributed by atoms with Gasteiger partial charge in [0.1, 0.15) is 18.1 Å². The normalized spacial score (nSPS) is 18.9. The zero-order valence-corrected chi connectivity index (χ0v) is 20.1. The summed E-state index contributed by atoms with van der Waals surface area (Å²) in [6.07, 6.45) is 3.37. The zero-order chi connectivity index (χ0) is 25.7. The minimum absolute atomic E-state index is 0.163. The first-order valence-corrected chi connectivity index (χ1v) is 12.0. The first-order valence-electron chi connectivity index (χ1n) is 12.0. The molecule has 0 aromatic carbocycles. The minimum atomic E-state index is -1.32. The molecule has 0 aromatic heterocycles. The van der Waals surface area contributed by atoms with Crippen LogP contribution < -0.4 is 32.7 Å². The fourth-order valence-electron chi connectivity index (χ4n) is 3.70. The highest BCUT2D eigenvalue weighted by Gasteiger charge is 2.33. The predicted molar refractivity (Wildman–Crippen MR) is 125 cm³/mol. The van der Waals surface area contributed by atoms with Gasteiger partial charge in [-0.3, -0.25) is 19.2 Å². The maximum Gasteiger partial charge on any atom is 0.326 e. The lowest BCUT2D eigenvalue weighted by molar-refractivity contribution is -0.143. The number of primary amides is 1. The first kappa shape index (κ1) is 29.3. The van der Waals surface area contributed by atoms with Crippen LogP contribution in [0.15, 0.2) is 0 Å². The number of hydrogen-bond acceptors (Lipinski definition) is 7. The molecule has 0 spiro atoms. The summed E-state index contributed by atoms with van der Waals surface area (Å²) < 4.78 is 0. The second-order valence-electron chi connectivity index (χ2n) is 8.77. The molecule has 1 rings (SSSR count). The van der Waals surface area contributed by atoms with Gasteiger partial charge in [0, 0.05) is 6.42 Å². The number of unbranched alkanes of at least 4 members (excludes halogenated alkanes) is 1. The molecule has 5 unspecified atom stereocenters. The summed E-state index contributed by atoms with van der Waals surface area (Å²) in [6, 6.07) is -3.56. The van der Waals surface area contributed by atoms with Gasteiger partial charge in [0.2, 0.25) is 23.6 Å². The topological polar surface area (TPSA) is 206 Å². The van der Waals surface area contributed by atoms with E-state index >= 15 is 0 Å². The summed E-state index contributed by atoms with van der Waals surface area (Å²) in [5.74, 6) is -3.77. The Labute approximate surface area is 200 Å². The SMILES string of the molecule is CCC(C)C(NC(=O)C(CCCCN)NC(=O)C1CCCN1)C(=O)NC(CCC(N)=O)C(=O)O. The summed E-state index contributed by atoms with van der Waals surface area (Å²) in [7, 11) is 0. The fourth-order valence-corrected chi connectivity index (χ4v) is 3.70. The van der Waals surface area contributed by atoms with Gasteiger partial charge in [-0.15, -0.1) is 0 Å². The van der Waals surface area contributed by atoms with Gasteiger partial charge in [0.05, 0.1) is 6.04 Å². The summed E-state index contributed by atoms with van der Waals surface area (Å²) in [5, 5.41) is 20.3. The van der Waals surface area contributed by atoms with Crippen LogP contribution >= 0.6 is 0 Å². The molecule has 1 aliphatic heterocycles. The van der Waals surface area contributed by atoms with Crippen molar-refractivity contribution in [1.82, 2.24) is 21.3 Å². The number of carboxylic acid groups (broad SMARTS) is 1. The van der Waals surface area contributed by atoms with Gasteiger partial charge in [-0.2, -0.15) is 0 Å². The van der Waals surface area contributed by atoms with Crippen molar-refractivity contribution in [1.29, 1.82) is 0 Å².